The lowest BCUT2D eigenvalue weighted by molar-refractivity contribution is -0.123. The first-order valence-corrected chi connectivity index (χ1v) is 8.42. The smallest absolute Gasteiger partial charge is 0.279 e. The molecule has 0 aliphatic carbocycles. The van der Waals surface area contributed by atoms with Gasteiger partial charge in [0.15, 0.2) is 11.6 Å². The normalized spacial score (nSPS) is 26.4. The highest BCUT2D eigenvalue weighted by atomic mass is 35.5. The number of rotatable bonds is 3. The molecular formula is C15H18ClF2N3O2S. The number of carbonyl (C=O) groups excluding carboxylic acids is 2. The number of halogens is 3. The summed E-state index contributed by atoms with van der Waals surface area (Å²) in [5.41, 5.74) is 0.667. The molecule has 2 fully saturated rings. The Morgan fingerprint density at radius 1 is 1.29 bits per heavy atom. The number of benzene rings is 1. The van der Waals surface area contributed by atoms with Gasteiger partial charge in [-0.25, -0.2) is 8.78 Å². The molecule has 2 aliphatic rings. The first-order chi connectivity index (χ1) is 11.0. The van der Waals surface area contributed by atoms with E-state index in [4.69, 9.17) is 0 Å². The van der Waals surface area contributed by atoms with Gasteiger partial charge in [0, 0.05) is 24.3 Å². The molecule has 2 unspecified atom stereocenters. The Morgan fingerprint density at radius 2 is 2.08 bits per heavy atom. The van der Waals surface area contributed by atoms with Crippen LogP contribution in [0.4, 0.5) is 13.6 Å². The minimum atomic E-state index is -0.884. The lowest BCUT2D eigenvalue weighted by Gasteiger charge is -2.33. The van der Waals surface area contributed by atoms with Gasteiger partial charge in [-0.3, -0.25) is 9.59 Å². The molecule has 2 saturated heterocycles. The maximum Gasteiger partial charge on any atom is 0.279 e. The van der Waals surface area contributed by atoms with Gasteiger partial charge in [-0.1, -0.05) is 17.8 Å². The number of carbonyl (C=O) groups is 2. The van der Waals surface area contributed by atoms with Crippen LogP contribution in [0.2, 0.25) is 0 Å². The molecule has 1 aromatic rings. The molecule has 0 spiro atoms. The van der Waals surface area contributed by atoms with Crippen LogP contribution >= 0.6 is 24.2 Å². The zero-order valence-corrected chi connectivity index (χ0v) is 14.3. The zero-order valence-electron chi connectivity index (χ0n) is 12.7. The number of hydrogen-bond donors (Lipinski definition) is 3. The monoisotopic (exact) mass is 377 g/mol. The molecule has 3 atom stereocenters. The second kappa shape index (κ2) is 8.13. The molecule has 2 amide bonds. The molecule has 2 heterocycles. The van der Waals surface area contributed by atoms with E-state index in [1.807, 2.05) is 0 Å². The van der Waals surface area contributed by atoms with Crippen LogP contribution in [0.5, 0.6) is 0 Å². The van der Waals surface area contributed by atoms with Crippen molar-refractivity contribution in [3.63, 3.8) is 0 Å². The van der Waals surface area contributed by atoms with Crippen molar-refractivity contribution in [1.82, 2.24) is 16.0 Å². The average Bonchev–Trinajstić information content (AvgIpc) is 2.97. The Hall–Kier alpha value is -1.38. The summed E-state index contributed by atoms with van der Waals surface area (Å²) in [5, 5.41) is 8.50. The van der Waals surface area contributed by atoms with Crippen molar-refractivity contribution in [3.8, 4) is 0 Å². The van der Waals surface area contributed by atoms with E-state index in [0.717, 1.165) is 24.4 Å². The van der Waals surface area contributed by atoms with Crippen molar-refractivity contribution in [2.45, 2.75) is 24.4 Å². The summed E-state index contributed by atoms with van der Waals surface area (Å²) in [6.45, 7) is 1.29. The van der Waals surface area contributed by atoms with E-state index in [1.54, 1.807) is 6.07 Å². The van der Waals surface area contributed by atoms with Gasteiger partial charge < -0.3 is 16.0 Å². The quantitative estimate of drug-likeness (QED) is 0.751. The van der Waals surface area contributed by atoms with Crippen molar-refractivity contribution >= 4 is 35.3 Å². The fourth-order valence-electron chi connectivity index (χ4n) is 2.96. The van der Waals surface area contributed by atoms with E-state index in [2.05, 4.69) is 16.0 Å². The van der Waals surface area contributed by atoms with Crippen LogP contribution in [0.3, 0.4) is 0 Å². The van der Waals surface area contributed by atoms with Crippen LogP contribution in [0.1, 0.15) is 17.9 Å². The Bertz CT molecular complexity index is 635. The number of hydrogen-bond acceptors (Lipinski definition) is 4. The zero-order chi connectivity index (χ0) is 16.4. The predicted octanol–water partition coefficient (Wildman–Crippen LogP) is 1.77. The molecular weight excluding hydrogens is 360 g/mol. The highest BCUT2D eigenvalue weighted by molar-refractivity contribution is 8.14. The summed E-state index contributed by atoms with van der Waals surface area (Å²) in [6.07, 6.45) is 0.710. The molecule has 0 aromatic heterocycles. The molecule has 132 valence electrons. The van der Waals surface area contributed by atoms with Crippen molar-refractivity contribution in [1.29, 1.82) is 0 Å². The summed E-state index contributed by atoms with van der Waals surface area (Å²) in [6, 6.07) is 3.08. The first kappa shape index (κ1) is 19.0. The van der Waals surface area contributed by atoms with E-state index in [-0.39, 0.29) is 35.5 Å². The minimum Gasteiger partial charge on any atom is -0.350 e. The predicted molar refractivity (Wildman–Crippen MR) is 90.5 cm³/mol. The van der Waals surface area contributed by atoms with Gasteiger partial charge >= 0.3 is 0 Å². The number of thioether (sulfide) groups is 1. The van der Waals surface area contributed by atoms with Crippen LogP contribution in [-0.2, 0) is 4.79 Å². The summed E-state index contributed by atoms with van der Waals surface area (Å²) >= 11 is 1.08. The van der Waals surface area contributed by atoms with Gasteiger partial charge in [0.1, 0.15) is 6.04 Å². The maximum absolute atomic E-state index is 13.5. The van der Waals surface area contributed by atoms with Crippen LogP contribution in [0, 0.1) is 11.6 Å². The SMILES string of the molecule is Cl.O=C1N[C@H](C(=O)NC2CNCCC2c2ccc(F)c(F)c2)CS1. The molecule has 0 radical (unpaired) electrons. The first-order valence-electron chi connectivity index (χ1n) is 7.44. The third kappa shape index (κ3) is 4.17. The second-order valence-electron chi connectivity index (χ2n) is 5.68. The van der Waals surface area contributed by atoms with Crippen LogP contribution in [0.25, 0.3) is 0 Å². The Balaban J connectivity index is 0.00000208. The second-order valence-corrected chi connectivity index (χ2v) is 6.68. The van der Waals surface area contributed by atoms with Gasteiger partial charge in [-0.15, -0.1) is 12.4 Å². The molecule has 0 saturated carbocycles. The summed E-state index contributed by atoms with van der Waals surface area (Å²) in [4.78, 5) is 23.4. The van der Waals surface area contributed by atoms with Gasteiger partial charge in [-0.2, -0.15) is 0 Å². The average molecular weight is 378 g/mol. The topological polar surface area (TPSA) is 70.2 Å². The number of amides is 2. The molecule has 9 heteroatoms. The third-order valence-corrected chi connectivity index (χ3v) is 5.05. The highest BCUT2D eigenvalue weighted by Crippen LogP contribution is 2.27. The molecule has 24 heavy (non-hydrogen) atoms. The molecule has 3 rings (SSSR count). The van der Waals surface area contributed by atoms with Gasteiger partial charge in [0.25, 0.3) is 5.24 Å². The maximum atomic E-state index is 13.5. The van der Waals surface area contributed by atoms with Crippen molar-refractivity contribution in [2.75, 3.05) is 18.8 Å². The molecule has 3 N–H and O–H groups in total. The fraction of sp³-hybridized carbons (Fsp3) is 0.467. The van der Waals surface area contributed by atoms with Gasteiger partial charge in [0.2, 0.25) is 5.91 Å². The van der Waals surface area contributed by atoms with Gasteiger partial charge in [-0.05, 0) is 30.7 Å². The third-order valence-electron chi connectivity index (χ3n) is 4.17. The lowest BCUT2D eigenvalue weighted by atomic mass is 9.86. The number of piperidine rings is 1. The molecule has 0 bridgehead atoms. The van der Waals surface area contributed by atoms with E-state index in [9.17, 15) is 18.4 Å². The van der Waals surface area contributed by atoms with E-state index >= 15 is 0 Å². The van der Waals surface area contributed by atoms with Crippen molar-refractivity contribution < 1.29 is 18.4 Å². The fourth-order valence-corrected chi connectivity index (χ4v) is 3.74. The Labute approximate surface area is 148 Å². The standard InChI is InChI=1S/C15H17F2N3O2S.ClH/c16-10-2-1-8(5-11(10)17)9-3-4-18-6-12(9)19-14(21)13-7-23-15(22)20-13;/h1-2,5,9,12-13,18H,3-4,6-7H2,(H,19,21)(H,20,22);1H/t9?,12?,13-;/m0./s1. The summed E-state index contributed by atoms with van der Waals surface area (Å²) < 4.78 is 26.6. The van der Waals surface area contributed by atoms with E-state index in [0.29, 0.717) is 24.3 Å². The minimum absolute atomic E-state index is 0. The molecule has 2 aliphatic heterocycles. The molecule has 5 nitrogen and oxygen atoms in total. The lowest BCUT2D eigenvalue weighted by Crippen LogP contribution is -2.54. The van der Waals surface area contributed by atoms with Crippen molar-refractivity contribution in [3.05, 3.63) is 35.4 Å². The number of nitrogens with one attached hydrogen (secondary N) is 3. The van der Waals surface area contributed by atoms with Crippen LogP contribution in [0.15, 0.2) is 18.2 Å². The summed E-state index contributed by atoms with van der Waals surface area (Å²) in [7, 11) is 0. The molecule has 1 aromatic carbocycles. The highest BCUT2D eigenvalue weighted by Gasteiger charge is 2.33. The Kier molecular flexibility index (Phi) is 6.42. The van der Waals surface area contributed by atoms with Crippen LogP contribution in [-0.4, -0.2) is 42.1 Å². The van der Waals surface area contributed by atoms with E-state index < -0.39 is 17.7 Å². The van der Waals surface area contributed by atoms with Crippen molar-refractivity contribution in [2.24, 2.45) is 0 Å². The Morgan fingerprint density at radius 3 is 2.75 bits per heavy atom. The van der Waals surface area contributed by atoms with Crippen LogP contribution < -0.4 is 16.0 Å². The summed E-state index contributed by atoms with van der Waals surface area (Å²) in [5.74, 6) is -1.70. The van der Waals surface area contributed by atoms with E-state index in [1.165, 1.54) is 6.07 Å². The largest absolute Gasteiger partial charge is 0.350 e. The van der Waals surface area contributed by atoms with Gasteiger partial charge in [0.05, 0.1) is 0 Å².